The summed E-state index contributed by atoms with van der Waals surface area (Å²) >= 11 is 9.13. The van der Waals surface area contributed by atoms with Gasteiger partial charge in [-0.05, 0) is 92.6 Å². The van der Waals surface area contributed by atoms with Crippen molar-refractivity contribution in [3.05, 3.63) is 136 Å². The second-order valence-electron chi connectivity index (χ2n) is 15.9. The fraction of sp³-hybridized carbons (Fsp3) is 0.273. The van der Waals surface area contributed by atoms with Gasteiger partial charge in [0.05, 0.1) is 22.1 Å². The average molecular weight is 671 g/mol. The molecule has 2 nitrogen and oxygen atoms in total. The number of fused-ring (bicyclic) bond motifs is 1. The van der Waals surface area contributed by atoms with Crippen LogP contribution in [-0.4, -0.2) is 0 Å². The molecule has 0 fully saturated rings. The van der Waals surface area contributed by atoms with E-state index in [1.54, 1.807) is 11.3 Å². The Morgan fingerprint density at radius 3 is 1.65 bits per heavy atom. The Morgan fingerprint density at radius 1 is 0.562 bits per heavy atom. The number of nitrogens with zero attached hydrogens (tertiary/aromatic N) is 1. The summed E-state index contributed by atoms with van der Waals surface area (Å²) in [7, 11) is 0. The zero-order chi connectivity index (χ0) is 34.4. The normalized spacial score (nSPS) is 12.4. The molecule has 0 amide bonds. The Kier molecular flexibility index (Phi) is 9.00. The fourth-order valence-corrected chi connectivity index (χ4v) is 7.19. The first kappa shape index (κ1) is 33.8. The number of anilines is 5. The van der Waals surface area contributed by atoms with Crippen molar-refractivity contribution in [3.8, 4) is 11.1 Å². The molecule has 0 atom stereocenters. The van der Waals surface area contributed by atoms with Crippen LogP contribution in [0.2, 0.25) is 5.02 Å². The van der Waals surface area contributed by atoms with Crippen LogP contribution in [0.15, 0.2) is 115 Å². The molecule has 6 rings (SSSR count). The van der Waals surface area contributed by atoms with Crippen LogP contribution < -0.4 is 10.2 Å². The van der Waals surface area contributed by atoms with Crippen LogP contribution in [0.1, 0.15) is 79.0 Å². The smallest absolute Gasteiger partial charge is 0.0881 e. The van der Waals surface area contributed by atoms with E-state index in [4.69, 9.17) is 11.6 Å². The van der Waals surface area contributed by atoms with E-state index < -0.39 is 0 Å². The van der Waals surface area contributed by atoms with Crippen LogP contribution in [0.3, 0.4) is 0 Å². The topological polar surface area (TPSA) is 15.3 Å². The number of rotatable bonds is 6. The summed E-state index contributed by atoms with van der Waals surface area (Å²) in [6, 6.07) is 39.5. The van der Waals surface area contributed by atoms with E-state index in [1.165, 1.54) is 37.9 Å². The molecule has 48 heavy (non-hydrogen) atoms. The summed E-state index contributed by atoms with van der Waals surface area (Å²) in [5.41, 5.74) is 11.6. The Hall–Kier alpha value is -4.05. The number of nitrogens with one attached hydrogen (secondary N) is 1. The van der Waals surface area contributed by atoms with E-state index in [1.807, 2.05) is 0 Å². The maximum absolute atomic E-state index is 7.36. The van der Waals surface area contributed by atoms with Gasteiger partial charge in [-0.3, -0.25) is 0 Å². The first-order valence-electron chi connectivity index (χ1n) is 16.8. The highest BCUT2D eigenvalue weighted by molar-refractivity contribution is 7.17. The van der Waals surface area contributed by atoms with Gasteiger partial charge in [-0.1, -0.05) is 135 Å². The Labute approximate surface area is 296 Å². The lowest BCUT2D eigenvalue weighted by Gasteiger charge is -2.28. The lowest BCUT2D eigenvalue weighted by molar-refractivity contribution is 0.590. The molecule has 0 radical (unpaired) electrons. The second kappa shape index (κ2) is 12.8. The largest absolute Gasteiger partial charge is 0.354 e. The Morgan fingerprint density at radius 2 is 1.08 bits per heavy atom. The lowest BCUT2D eigenvalue weighted by atomic mass is 9.86. The predicted molar refractivity (Wildman–Crippen MR) is 213 cm³/mol. The second-order valence-corrected chi connectivity index (χ2v) is 17.2. The SMILES string of the molecule is CC(C)(C)c1ccc(-c2ccc(Nc3cccc(N(c4ccc(C(C)(C)C)cc4)c4csc5ccc(C(C)(C)C)cc45)c3Cl)cc2)cc1. The Balaban J connectivity index is 1.38. The van der Waals surface area contributed by atoms with Gasteiger partial charge in [0.2, 0.25) is 0 Å². The number of hydrogen-bond acceptors (Lipinski definition) is 3. The van der Waals surface area contributed by atoms with Crippen molar-refractivity contribution in [1.82, 2.24) is 0 Å². The molecule has 1 heterocycles. The summed E-state index contributed by atoms with van der Waals surface area (Å²) in [6.45, 7) is 20.3. The zero-order valence-corrected chi connectivity index (χ0v) is 31.3. The third-order valence-corrected chi connectivity index (χ3v) is 10.5. The van der Waals surface area contributed by atoms with E-state index in [2.05, 4.69) is 187 Å². The summed E-state index contributed by atoms with van der Waals surface area (Å²) in [4.78, 5) is 2.32. The first-order valence-corrected chi connectivity index (χ1v) is 18.0. The van der Waals surface area contributed by atoms with E-state index in [-0.39, 0.29) is 16.2 Å². The molecular formula is C44H47ClN2S. The van der Waals surface area contributed by atoms with Gasteiger partial charge in [0.25, 0.3) is 0 Å². The minimum absolute atomic E-state index is 0.0412. The minimum Gasteiger partial charge on any atom is -0.354 e. The minimum atomic E-state index is 0.0412. The van der Waals surface area contributed by atoms with E-state index in [9.17, 15) is 0 Å². The van der Waals surface area contributed by atoms with Crippen molar-refractivity contribution in [1.29, 1.82) is 0 Å². The molecule has 0 bridgehead atoms. The standard InChI is InChI=1S/C44H47ClN2S/c1-42(2,3)31-17-13-29(14-18-31)30-15-22-34(23-16-30)46-37-11-10-12-38(41(37)45)47(35-24-19-32(20-25-35)43(4,5)6)39-28-48-40-26-21-33(27-36(39)40)44(7,8)9/h10-28,46H,1-9H3. The van der Waals surface area contributed by atoms with E-state index >= 15 is 0 Å². The summed E-state index contributed by atoms with van der Waals surface area (Å²) in [5, 5.41) is 7.77. The van der Waals surface area contributed by atoms with Gasteiger partial charge < -0.3 is 10.2 Å². The van der Waals surface area contributed by atoms with Crippen LogP contribution in [0.5, 0.6) is 0 Å². The van der Waals surface area contributed by atoms with Crippen molar-refractivity contribution >= 4 is 61.5 Å². The molecule has 0 saturated carbocycles. The highest BCUT2D eigenvalue weighted by Gasteiger charge is 2.23. The maximum Gasteiger partial charge on any atom is 0.0881 e. The molecule has 0 aliphatic rings. The van der Waals surface area contributed by atoms with Crippen LogP contribution >= 0.6 is 22.9 Å². The molecule has 4 heteroatoms. The van der Waals surface area contributed by atoms with Crippen LogP contribution in [-0.2, 0) is 16.2 Å². The number of halogens is 1. The lowest BCUT2D eigenvalue weighted by Crippen LogP contribution is -2.14. The monoisotopic (exact) mass is 670 g/mol. The Bertz CT molecular complexity index is 2030. The molecule has 0 aliphatic heterocycles. The molecule has 6 aromatic rings. The molecule has 5 aromatic carbocycles. The van der Waals surface area contributed by atoms with E-state index in [0.29, 0.717) is 5.02 Å². The van der Waals surface area contributed by atoms with E-state index in [0.717, 1.165) is 28.4 Å². The van der Waals surface area contributed by atoms with Gasteiger partial charge >= 0.3 is 0 Å². The van der Waals surface area contributed by atoms with Crippen molar-refractivity contribution < 1.29 is 0 Å². The quantitative estimate of drug-likeness (QED) is 0.190. The highest BCUT2D eigenvalue weighted by atomic mass is 35.5. The molecule has 1 aromatic heterocycles. The van der Waals surface area contributed by atoms with Crippen molar-refractivity contribution in [2.24, 2.45) is 0 Å². The van der Waals surface area contributed by atoms with Gasteiger partial charge in [-0.15, -0.1) is 11.3 Å². The molecule has 0 spiro atoms. The molecular weight excluding hydrogens is 624 g/mol. The highest BCUT2D eigenvalue weighted by Crippen LogP contribution is 2.47. The zero-order valence-electron chi connectivity index (χ0n) is 29.7. The molecule has 0 saturated heterocycles. The molecule has 0 unspecified atom stereocenters. The van der Waals surface area contributed by atoms with Crippen molar-refractivity contribution in [3.63, 3.8) is 0 Å². The van der Waals surface area contributed by atoms with Crippen molar-refractivity contribution in [2.45, 2.75) is 78.6 Å². The first-order chi connectivity index (χ1) is 22.6. The van der Waals surface area contributed by atoms with Gasteiger partial charge in [-0.25, -0.2) is 0 Å². The van der Waals surface area contributed by atoms with Crippen LogP contribution in [0.25, 0.3) is 21.2 Å². The van der Waals surface area contributed by atoms with Crippen LogP contribution in [0.4, 0.5) is 28.4 Å². The molecule has 1 N–H and O–H groups in total. The third-order valence-electron chi connectivity index (χ3n) is 9.12. The third kappa shape index (κ3) is 7.04. The average Bonchev–Trinajstić information content (AvgIpc) is 3.45. The summed E-state index contributed by atoms with van der Waals surface area (Å²) < 4.78 is 1.26. The molecule has 0 aliphatic carbocycles. The predicted octanol–water partition coefficient (Wildman–Crippen LogP) is 14.3. The fourth-order valence-electron chi connectivity index (χ4n) is 6.03. The summed E-state index contributed by atoms with van der Waals surface area (Å²) in [6.07, 6.45) is 0. The number of thiophene rings is 1. The van der Waals surface area contributed by atoms with Gasteiger partial charge in [0.15, 0.2) is 0 Å². The molecule has 246 valence electrons. The van der Waals surface area contributed by atoms with Gasteiger partial charge in [0, 0.05) is 26.8 Å². The summed E-state index contributed by atoms with van der Waals surface area (Å²) in [5.74, 6) is 0. The van der Waals surface area contributed by atoms with Gasteiger partial charge in [-0.2, -0.15) is 0 Å². The van der Waals surface area contributed by atoms with Gasteiger partial charge in [0.1, 0.15) is 0 Å². The number of benzene rings is 5. The number of hydrogen-bond donors (Lipinski definition) is 1. The maximum atomic E-state index is 7.36. The van der Waals surface area contributed by atoms with Crippen LogP contribution in [0, 0.1) is 0 Å². The van der Waals surface area contributed by atoms with Crippen molar-refractivity contribution in [2.75, 3.05) is 10.2 Å².